The lowest BCUT2D eigenvalue weighted by molar-refractivity contribution is 1.26. The molecule has 2 aliphatic rings. The van der Waals surface area contributed by atoms with Gasteiger partial charge in [-0.15, -0.1) is 0 Å². The van der Waals surface area contributed by atoms with Gasteiger partial charge >= 0.3 is 0 Å². The summed E-state index contributed by atoms with van der Waals surface area (Å²) in [6.45, 7) is 0. The van der Waals surface area contributed by atoms with Gasteiger partial charge in [0.1, 0.15) is 0 Å². The summed E-state index contributed by atoms with van der Waals surface area (Å²) in [5.74, 6) is 0. The largest absolute Gasteiger partial charge is 0.0843 e. The zero-order valence-electron chi connectivity index (χ0n) is 21.4. The van der Waals surface area contributed by atoms with Gasteiger partial charge < -0.3 is 0 Å². The fourth-order valence-corrected chi connectivity index (χ4v) is 6.84. The van der Waals surface area contributed by atoms with Crippen LogP contribution in [0.25, 0.3) is 55.6 Å². The monoisotopic (exact) mass is 516 g/mol. The van der Waals surface area contributed by atoms with Crippen molar-refractivity contribution >= 4 is 11.6 Å². The molecule has 0 N–H and O–H groups in total. The van der Waals surface area contributed by atoms with Crippen molar-refractivity contribution in [2.24, 2.45) is 0 Å². The molecule has 6 aromatic rings. The topological polar surface area (TPSA) is 0 Å². The molecule has 0 saturated carbocycles. The van der Waals surface area contributed by atoms with Gasteiger partial charge in [-0.05, 0) is 115 Å². The number of hydrogen-bond acceptors (Lipinski definition) is 0. The smallest absolute Gasteiger partial charge is 0.0418 e. The van der Waals surface area contributed by atoms with Crippen molar-refractivity contribution in [2.75, 3.05) is 0 Å². The molecule has 0 bridgehead atoms. The fraction of sp³-hybridized carbons (Fsp3) is 0.0526. The average Bonchev–Trinajstić information content (AvgIpc) is 3.55. The first-order chi connectivity index (χ1) is 19.2. The van der Waals surface area contributed by atoms with Crippen LogP contribution in [0.4, 0.5) is 0 Å². The second kappa shape index (κ2) is 8.83. The molecule has 0 amide bonds. The zero-order valence-corrected chi connectivity index (χ0v) is 22.2. The zero-order chi connectivity index (χ0) is 25.9. The Morgan fingerprint density at radius 3 is 1.77 bits per heavy atom. The first kappa shape index (κ1) is 22.6. The Morgan fingerprint density at radius 1 is 0.359 bits per heavy atom. The predicted molar refractivity (Wildman–Crippen MR) is 164 cm³/mol. The molecule has 39 heavy (non-hydrogen) atoms. The van der Waals surface area contributed by atoms with Gasteiger partial charge in [0.2, 0.25) is 0 Å². The summed E-state index contributed by atoms with van der Waals surface area (Å²) in [4.78, 5) is 0. The fourth-order valence-electron chi connectivity index (χ4n) is 6.61. The highest BCUT2D eigenvalue weighted by atomic mass is 35.5. The quantitative estimate of drug-likeness (QED) is 0.219. The summed E-state index contributed by atoms with van der Waals surface area (Å²) >= 11 is 6.79. The van der Waals surface area contributed by atoms with Crippen LogP contribution in [0.15, 0.2) is 127 Å². The summed E-state index contributed by atoms with van der Waals surface area (Å²) in [7, 11) is 0. The lowest BCUT2D eigenvalue weighted by atomic mass is 9.92. The van der Waals surface area contributed by atoms with E-state index in [1.165, 1.54) is 72.3 Å². The highest BCUT2D eigenvalue weighted by Crippen LogP contribution is 2.46. The van der Waals surface area contributed by atoms with Crippen LogP contribution >= 0.6 is 11.6 Å². The van der Waals surface area contributed by atoms with Crippen LogP contribution in [0.3, 0.4) is 0 Å². The molecule has 0 radical (unpaired) electrons. The van der Waals surface area contributed by atoms with Gasteiger partial charge in [0.15, 0.2) is 0 Å². The second-order valence-electron chi connectivity index (χ2n) is 10.6. The maximum absolute atomic E-state index is 6.79. The van der Waals surface area contributed by atoms with Gasteiger partial charge in [-0.2, -0.15) is 0 Å². The maximum Gasteiger partial charge on any atom is 0.0418 e. The van der Waals surface area contributed by atoms with Gasteiger partial charge in [0, 0.05) is 5.02 Å². The van der Waals surface area contributed by atoms with E-state index in [-0.39, 0.29) is 0 Å². The number of rotatable bonds is 3. The molecule has 0 atom stereocenters. The molecular formula is C38H25Cl. The van der Waals surface area contributed by atoms with Crippen molar-refractivity contribution in [3.63, 3.8) is 0 Å². The van der Waals surface area contributed by atoms with Crippen LogP contribution < -0.4 is 0 Å². The van der Waals surface area contributed by atoms with Crippen LogP contribution in [-0.4, -0.2) is 0 Å². The molecular weight excluding hydrogens is 492 g/mol. The molecule has 0 spiro atoms. The van der Waals surface area contributed by atoms with Crippen molar-refractivity contribution in [1.29, 1.82) is 0 Å². The SMILES string of the molecule is Clc1cc(-c2ccc3c(c2)-c2ccccc2C3)cc(-c2cccc3c2Cc2c(-c4ccccc4)cccc2-3)c1. The van der Waals surface area contributed by atoms with Crippen LogP contribution in [0.1, 0.15) is 22.3 Å². The standard InChI is InChI=1S/C38H25Cl/c39-30-20-28(25-16-17-27-18-26-10-4-5-11-32(26)36(27)22-25)19-29(21-30)33-13-7-15-35-34-14-6-12-31(37(34)23-38(33)35)24-8-2-1-3-9-24/h1-17,19-22H,18,23H2. The van der Waals surface area contributed by atoms with Crippen molar-refractivity contribution in [2.45, 2.75) is 12.8 Å². The van der Waals surface area contributed by atoms with Crippen molar-refractivity contribution < 1.29 is 0 Å². The Bertz CT molecular complexity index is 1910. The molecule has 0 fully saturated rings. The van der Waals surface area contributed by atoms with E-state index >= 15 is 0 Å². The van der Waals surface area contributed by atoms with E-state index in [9.17, 15) is 0 Å². The maximum atomic E-state index is 6.79. The van der Waals surface area contributed by atoms with Gasteiger partial charge in [0.25, 0.3) is 0 Å². The van der Waals surface area contributed by atoms with E-state index in [1.807, 2.05) is 0 Å². The minimum Gasteiger partial charge on any atom is -0.0843 e. The van der Waals surface area contributed by atoms with Crippen LogP contribution in [-0.2, 0) is 12.8 Å². The molecule has 184 valence electrons. The first-order valence-corrected chi connectivity index (χ1v) is 13.9. The minimum atomic E-state index is 0.765. The van der Waals surface area contributed by atoms with Crippen molar-refractivity contribution in [1.82, 2.24) is 0 Å². The Balaban J connectivity index is 1.23. The van der Waals surface area contributed by atoms with E-state index < -0.39 is 0 Å². The van der Waals surface area contributed by atoms with Gasteiger partial charge in [-0.1, -0.05) is 115 Å². The lowest BCUT2D eigenvalue weighted by Gasteiger charge is -2.13. The highest BCUT2D eigenvalue weighted by Gasteiger charge is 2.25. The third kappa shape index (κ3) is 3.67. The molecule has 8 rings (SSSR count). The molecule has 2 aliphatic carbocycles. The molecule has 0 unspecified atom stereocenters. The second-order valence-corrected chi connectivity index (χ2v) is 11.1. The van der Waals surface area contributed by atoms with Crippen LogP contribution in [0.5, 0.6) is 0 Å². The summed E-state index contributed by atoms with van der Waals surface area (Å²) in [5, 5.41) is 0.765. The normalized spacial score (nSPS) is 12.5. The number of halogens is 1. The summed E-state index contributed by atoms with van der Waals surface area (Å²) in [6.07, 6.45) is 1.93. The van der Waals surface area contributed by atoms with E-state index in [4.69, 9.17) is 11.6 Å². The van der Waals surface area contributed by atoms with E-state index in [0.29, 0.717) is 0 Å². The number of fused-ring (bicyclic) bond motifs is 6. The molecule has 0 aromatic heterocycles. The first-order valence-electron chi connectivity index (χ1n) is 13.5. The lowest BCUT2D eigenvalue weighted by Crippen LogP contribution is -1.91. The number of hydrogen-bond donors (Lipinski definition) is 0. The van der Waals surface area contributed by atoms with E-state index in [2.05, 4.69) is 127 Å². The van der Waals surface area contributed by atoms with E-state index in [1.54, 1.807) is 0 Å². The predicted octanol–water partition coefficient (Wildman–Crippen LogP) is 10.5. The van der Waals surface area contributed by atoms with Crippen molar-refractivity contribution in [3.05, 3.63) is 155 Å². The molecule has 0 heterocycles. The van der Waals surface area contributed by atoms with Gasteiger partial charge in [0.05, 0.1) is 0 Å². The van der Waals surface area contributed by atoms with Crippen molar-refractivity contribution in [3.8, 4) is 55.6 Å². The third-order valence-electron chi connectivity index (χ3n) is 8.42. The van der Waals surface area contributed by atoms with E-state index in [0.717, 1.165) is 23.4 Å². The minimum absolute atomic E-state index is 0.765. The Kier molecular flexibility index (Phi) is 5.11. The van der Waals surface area contributed by atoms with Crippen LogP contribution in [0, 0.1) is 0 Å². The summed E-state index contributed by atoms with van der Waals surface area (Å²) < 4.78 is 0. The molecule has 0 aliphatic heterocycles. The molecule has 0 nitrogen and oxygen atoms in total. The molecule has 0 saturated heterocycles. The van der Waals surface area contributed by atoms with Crippen LogP contribution in [0.2, 0.25) is 5.02 Å². The van der Waals surface area contributed by atoms with Gasteiger partial charge in [-0.3, -0.25) is 0 Å². The molecule has 1 heteroatoms. The highest BCUT2D eigenvalue weighted by molar-refractivity contribution is 6.31. The van der Waals surface area contributed by atoms with Gasteiger partial charge in [-0.25, -0.2) is 0 Å². The Labute approximate surface area is 234 Å². The third-order valence-corrected chi connectivity index (χ3v) is 8.64. The Morgan fingerprint density at radius 2 is 0.974 bits per heavy atom. The summed E-state index contributed by atoms with van der Waals surface area (Å²) in [5.41, 5.74) is 18.3. The molecule has 6 aromatic carbocycles. The number of benzene rings is 6. The average molecular weight is 517 g/mol. The Hall–Kier alpha value is -4.39. The summed E-state index contributed by atoms with van der Waals surface area (Å²) in [6, 6.07) is 46.3.